The average Bonchev–Trinajstić information content (AvgIpc) is 3.09. The Balaban J connectivity index is 1.59. The molecular formula is C25H20ClN3O2S. The van der Waals surface area contributed by atoms with Crippen molar-refractivity contribution in [3.63, 3.8) is 0 Å². The van der Waals surface area contributed by atoms with Gasteiger partial charge < -0.3 is 4.74 Å². The number of nitrogens with zero attached hydrogens (tertiary/aromatic N) is 3. The van der Waals surface area contributed by atoms with E-state index < -0.39 is 0 Å². The lowest BCUT2D eigenvalue weighted by molar-refractivity contribution is -0.121. The number of ether oxygens (including phenoxy) is 1. The molecule has 0 saturated carbocycles. The molecule has 1 saturated heterocycles. The topological polar surface area (TPSA) is 54.8 Å². The van der Waals surface area contributed by atoms with Crippen LogP contribution in [0.2, 0.25) is 5.02 Å². The third-order valence-electron chi connectivity index (χ3n) is 4.58. The molecule has 1 fully saturated rings. The predicted molar refractivity (Wildman–Crippen MR) is 131 cm³/mol. The zero-order valence-electron chi connectivity index (χ0n) is 17.1. The number of amidine groups is 1. The Kier molecular flexibility index (Phi) is 7.04. The van der Waals surface area contributed by atoms with Crippen LogP contribution in [0.4, 0.5) is 5.69 Å². The van der Waals surface area contributed by atoms with Crippen LogP contribution in [0.15, 0.2) is 95.6 Å². The summed E-state index contributed by atoms with van der Waals surface area (Å²) in [4.78, 5) is 23.9. The largest absolute Gasteiger partial charge is 0.488 e. The lowest BCUT2D eigenvalue weighted by Crippen LogP contribution is -2.29. The molecule has 1 aliphatic heterocycles. The van der Waals surface area contributed by atoms with Gasteiger partial charge in [-0.25, -0.2) is 4.99 Å². The molecule has 2 aromatic carbocycles. The summed E-state index contributed by atoms with van der Waals surface area (Å²) >= 11 is 7.28. The molecule has 5 nitrogen and oxygen atoms in total. The molecule has 2 heterocycles. The maximum atomic E-state index is 13.1. The summed E-state index contributed by atoms with van der Waals surface area (Å²) in [7, 11) is 0. The van der Waals surface area contributed by atoms with Crippen molar-refractivity contribution in [2.24, 2.45) is 4.99 Å². The maximum Gasteiger partial charge on any atom is 0.267 e. The van der Waals surface area contributed by atoms with E-state index in [-0.39, 0.29) is 5.91 Å². The van der Waals surface area contributed by atoms with E-state index in [0.717, 1.165) is 11.1 Å². The van der Waals surface area contributed by atoms with E-state index in [1.807, 2.05) is 66.7 Å². The minimum Gasteiger partial charge on any atom is -0.488 e. The first kappa shape index (κ1) is 21.9. The molecular weight excluding hydrogens is 442 g/mol. The Morgan fingerprint density at radius 1 is 1.12 bits per heavy atom. The van der Waals surface area contributed by atoms with Crippen molar-refractivity contribution in [3.05, 3.63) is 107 Å². The van der Waals surface area contributed by atoms with Gasteiger partial charge >= 0.3 is 0 Å². The smallest absolute Gasteiger partial charge is 0.267 e. The highest BCUT2D eigenvalue weighted by Crippen LogP contribution is 2.35. The molecule has 0 unspecified atom stereocenters. The van der Waals surface area contributed by atoms with Gasteiger partial charge in [0.2, 0.25) is 0 Å². The number of hydrogen-bond acceptors (Lipinski definition) is 5. The molecule has 160 valence electrons. The van der Waals surface area contributed by atoms with Crippen molar-refractivity contribution in [2.45, 2.75) is 6.61 Å². The molecule has 7 heteroatoms. The van der Waals surface area contributed by atoms with Gasteiger partial charge in [-0.15, -0.1) is 6.58 Å². The molecule has 1 amide bonds. The molecule has 0 aliphatic carbocycles. The molecule has 0 bridgehead atoms. The minimum atomic E-state index is -0.120. The van der Waals surface area contributed by atoms with E-state index in [2.05, 4.69) is 16.6 Å². The van der Waals surface area contributed by atoms with Crippen molar-refractivity contribution >= 4 is 46.2 Å². The fraction of sp³-hybridized carbons (Fsp3) is 0.0800. The summed E-state index contributed by atoms with van der Waals surface area (Å²) < 4.78 is 6.03. The second-order valence-corrected chi connectivity index (χ2v) is 8.32. The summed E-state index contributed by atoms with van der Waals surface area (Å²) in [5.41, 5.74) is 2.51. The van der Waals surface area contributed by atoms with Gasteiger partial charge in [-0.1, -0.05) is 48.0 Å². The molecule has 0 N–H and O–H groups in total. The number of para-hydroxylation sites is 1. The Morgan fingerprint density at radius 2 is 1.94 bits per heavy atom. The van der Waals surface area contributed by atoms with E-state index in [0.29, 0.717) is 39.7 Å². The summed E-state index contributed by atoms with van der Waals surface area (Å²) in [5, 5.41) is 1.28. The van der Waals surface area contributed by atoms with Crippen molar-refractivity contribution in [3.8, 4) is 5.75 Å². The number of aromatic nitrogens is 1. The number of carbonyl (C=O) groups is 1. The van der Waals surface area contributed by atoms with Crippen LogP contribution in [-0.4, -0.2) is 27.5 Å². The van der Waals surface area contributed by atoms with Gasteiger partial charge in [0.15, 0.2) is 5.17 Å². The van der Waals surface area contributed by atoms with Gasteiger partial charge in [-0.3, -0.25) is 14.7 Å². The summed E-state index contributed by atoms with van der Waals surface area (Å²) in [6.45, 7) is 4.53. The fourth-order valence-corrected chi connectivity index (χ4v) is 4.15. The number of hydrogen-bond donors (Lipinski definition) is 0. The van der Waals surface area contributed by atoms with Crippen molar-refractivity contribution in [2.75, 3.05) is 6.54 Å². The standard InChI is InChI=1S/C25H20ClN3O2S/c1-2-14-29-24(30)23(32-25(29)28-21-7-5-13-27-16-21)15-19-6-3-4-8-22(19)31-17-18-9-11-20(26)12-10-18/h2-13,15-16H,1,14,17H2/b23-15-,28-25?. The second kappa shape index (κ2) is 10.3. The van der Waals surface area contributed by atoms with E-state index in [4.69, 9.17) is 16.3 Å². The van der Waals surface area contributed by atoms with Crippen LogP contribution in [0.25, 0.3) is 6.08 Å². The number of pyridine rings is 1. The van der Waals surface area contributed by atoms with Gasteiger partial charge in [0.25, 0.3) is 5.91 Å². The highest BCUT2D eigenvalue weighted by molar-refractivity contribution is 8.18. The van der Waals surface area contributed by atoms with Crippen molar-refractivity contribution in [1.29, 1.82) is 0 Å². The van der Waals surface area contributed by atoms with Gasteiger partial charge in [0.1, 0.15) is 12.4 Å². The number of rotatable bonds is 7. The van der Waals surface area contributed by atoms with E-state index in [9.17, 15) is 4.79 Å². The van der Waals surface area contributed by atoms with Crippen LogP contribution in [0, 0.1) is 0 Å². The molecule has 1 aromatic heterocycles. The number of carbonyl (C=O) groups excluding carboxylic acids is 1. The maximum absolute atomic E-state index is 13.1. The zero-order valence-corrected chi connectivity index (χ0v) is 18.7. The van der Waals surface area contributed by atoms with Gasteiger partial charge in [0, 0.05) is 23.3 Å². The Hall–Kier alpha value is -3.35. The van der Waals surface area contributed by atoms with E-state index in [1.165, 1.54) is 11.8 Å². The van der Waals surface area contributed by atoms with E-state index in [1.54, 1.807) is 23.4 Å². The van der Waals surface area contributed by atoms with Crippen molar-refractivity contribution in [1.82, 2.24) is 9.88 Å². The molecule has 32 heavy (non-hydrogen) atoms. The number of amides is 1. The van der Waals surface area contributed by atoms with Crippen LogP contribution in [0.5, 0.6) is 5.75 Å². The van der Waals surface area contributed by atoms with E-state index >= 15 is 0 Å². The molecule has 4 rings (SSSR count). The van der Waals surface area contributed by atoms with Gasteiger partial charge in [-0.2, -0.15) is 0 Å². The first-order chi connectivity index (χ1) is 15.6. The highest BCUT2D eigenvalue weighted by Gasteiger charge is 2.32. The summed E-state index contributed by atoms with van der Waals surface area (Å²) in [6, 6.07) is 18.8. The van der Waals surface area contributed by atoms with Crippen LogP contribution < -0.4 is 4.74 Å². The summed E-state index contributed by atoms with van der Waals surface area (Å²) in [5.74, 6) is 0.571. The third-order valence-corrected chi connectivity index (χ3v) is 5.84. The lowest BCUT2D eigenvalue weighted by Gasteiger charge is -2.12. The minimum absolute atomic E-state index is 0.120. The number of thioether (sulfide) groups is 1. The number of aliphatic imine (C=N–C) groups is 1. The molecule has 0 atom stereocenters. The van der Waals surface area contributed by atoms with Gasteiger partial charge in [0.05, 0.1) is 16.8 Å². The van der Waals surface area contributed by atoms with Crippen LogP contribution in [-0.2, 0) is 11.4 Å². The number of benzene rings is 2. The Morgan fingerprint density at radius 3 is 2.69 bits per heavy atom. The first-order valence-corrected chi connectivity index (χ1v) is 11.1. The third kappa shape index (κ3) is 5.28. The fourth-order valence-electron chi connectivity index (χ4n) is 3.03. The Bertz CT molecular complexity index is 1180. The monoisotopic (exact) mass is 461 g/mol. The normalized spacial score (nSPS) is 16.0. The summed E-state index contributed by atoms with van der Waals surface area (Å²) in [6.07, 6.45) is 6.87. The molecule has 0 radical (unpaired) electrons. The van der Waals surface area contributed by atoms with Crippen LogP contribution in [0.3, 0.4) is 0 Å². The SMILES string of the molecule is C=CCN1C(=O)/C(=C/c2ccccc2OCc2ccc(Cl)cc2)SC1=Nc1cccnc1. The molecule has 3 aromatic rings. The second-order valence-electron chi connectivity index (χ2n) is 6.87. The molecule has 1 aliphatic rings. The van der Waals surface area contributed by atoms with Crippen LogP contribution in [0.1, 0.15) is 11.1 Å². The quantitative estimate of drug-likeness (QED) is 0.315. The number of halogens is 1. The average molecular weight is 462 g/mol. The Labute approximate surface area is 196 Å². The highest BCUT2D eigenvalue weighted by atomic mass is 35.5. The molecule has 0 spiro atoms. The zero-order chi connectivity index (χ0) is 22.3. The van der Waals surface area contributed by atoms with Gasteiger partial charge in [-0.05, 0) is 53.7 Å². The first-order valence-electron chi connectivity index (χ1n) is 9.91. The predicted octanol–water partition coefficient (Wildman–Crippen LogP) is 6.10. The van der Waals surface area contributed by atoms with Crippen molar-refractivity contribution < 1.29 is 9.53 Å². The van der Waals surface area contributed by atoms with Crippen LogP contribution >= 0.6 is 23.4 Å². The lowest BCUT2D eigenvalue weighted by atomic mass is 10.1.